The number of thiophene rings is 1. The lowest BCUT2D eigenvalue weighted by atomic mass is 9.94. The molecular weight excluding hydrogens is 372 g/mol. The maximum atomic E-state index is 13.3. The zero-order valence-corrected chi connectivity index (χ0v) is 16.4. The van der Waals surface area contributed by atoms with Gasteiger partial charge in [0.15, 0.2) is 0 Å². The normalized spacial score (nSPS) is 20.1. The summed E-state index contributed by atoms with van der Waals surface area (Å²) in [4.78, 5) is 26.8. The molecule has 144 valence electrons. The Morgan fingerprint density at radius 1 is 1.11 bits per heavy atom. The number of fused-ring (bicyclic) bond motifs is 1. The van der Waals surface area contributed by atoms with Gasteiger partial charge in [0.1, 0.15) is 6.33 Å². The fraction of sp³-hybridized carbons (Fsp3) is 0.381. The minimum Gasteiger partial charge on any atom is -0.378 e. The SMILES string of the molecule is O=C(c1sc2ccccc2c1[C@H]1CCN(c2cncnc2)C1)N1CCOCC1. The monoisotopic (exact) mass is 394 g/mol. The number of nitrogens with zero attached hydrogens (tertiary/aromatic N) is 4. The number of ether oxygens (including phenoxy) is 1. The lowest BCUT2D eigenvalue weighted by Crippen LogP contribution is -2.40. The number of hydrogen-bond acceptors (Lipinski definition) is 6. The van der Waals surface area contributed by atoms with Gasteiger partial charge in [-0.15, -0.1) is 11.3 Å². The molecule has 1 aromatic carbocycles. The van der Waals surface area contributed by atoms with Crippen LogP contribution in [-0.4, -0.2) is 60.2 Å². The topological polar surface area (TPSA) is 58.6 Å². The maximum absolute atomic E-state index is 13.3. The summed E-state index contributed by atoms with van der Waals surface area (Å²) in [5, 5.41) is 1.22. The minimum atomic E-state index is 0.154. The van der Waals surface area contributed by atoms with Gasteiger partial charge in [-0.1, -0.05) is 18.2 Å². The van der Waals surface area contributed by atoms with E-state index in [9.17, 15) is 4.79 Å². The highest BCUT2D eigenvalue weighted by molar-refractivity contribution is 7.21. The zero-order valence-electron chi connectivity index (χ0n) is 15.6. The summed E-state index contributed by atoms with van der Waals surface area (Å²) < 4.78 is 6.62. The molecule has 0 spiro atoms. The van der Waals surface area contributed by atoms with Gasteiger partial charge < -0.3 is 14.5 Å². The second-order valence-corrected chi connectivity index (χ2v) is 8.33. The molecule has 28 heavy (non-hydrogen) atoms. The number of carbonyl (C=O) groups excluding carboxylic acids is 1. The molecule has 1 amide bonds. The highest BCUT2D eigenvalue weighted by atomic mass is 32.1. The molecule has 2 saturated heterocycles. The third-order valence-electron chi connectivity index (χ3n) is 5.64. The number of morpholine rings is 1. The molecule has 3 aromatic rings. The van der Waals surface area contributed by atoms with Crippen molar-refractivity contribution >= 4 is 33.0 Å². The molecule has 0 bridgehead atoms. The highest BCUT2D eigenvalue weighted by Crippen LogP contribution is 2.41. The molecule has 0 N–H and O–H groups in total. The molecule has 0 radical (unpaired) electrons. The lowest BCUT2D eigenvalue weighted by Gasteiger charge is -2.27. The first kappa shape index (κ1) is 17.6. The summed E-state index contributed by atoms with van der Waals surface area (Å²) in [6, 6.07) is 8.40. The summed E-state index contributed by atoms with van der Waals surface area (Å²) in [7, 11) is 0. The number of anilines is 1. The van der Waals surface area contributed by atoms with Crippen LogP contribution in [0.25, 0.3) is 10.1 Å². The van der Waals surface area contributed by atoms with E-state index in [0.29, 0.717) is 32.2 Å². The van der Waals surface area contributed by atoms with Gasteiger partial charge in [0, 0.05) is 36.8 Å². The van der Waals surface area contributed by atoms with Gasteiger partial charge in [-0.3, -0.25) is 4.79 Å². The van der Waals surface area contributed by atoms with Crippen molar-refractivity contribution in [3.05, 3.63) is 53.4 Å². The van der Waals surface area contributed by atoms with Crippen molar-refractivity contribution in [3.8, 4) is 0 Å². The van der Waals surface area contributed by atoms with E-state index in [1.54, 1.807) is 17.7 Å². The molecule has 7 heteroatoms. The number of hydrogen-bond donors (Lipinski definition) is 0. The molecule has 0 aliphatic carbocycles. The number of aromatic nitrogens is 2. The number of benzene rings is 1. The van der Waals surface area contributed by atoms with Gasteiger partial charge in [-0.2, -0.15) is 0 Å². The molecule has 6 nitrogen and oxygen atoms in total. The summed E-state index contributed by atoms with van der Waals surface area (Å²) >= 11 is 1.63. The Labute approximate surface area is 167 Å². The van der Waals surface area contributed by atoms with Crippen LogP contribution in [0, 0.1) is 0 Å². The summed E-state index contributed by atoms with van der Waals surface area (Å²) in [6.07, 6.45) is 6.31. The van der Waals surface area contributed by atoms with Crippen molar-refractivity contribution in [1.29, 1.82) is 0 Å². The van der Waals surface area contributed by atoms with Crippen molar-refractivity contribution < 1.29 is 9.53 Å². The van der Waals surface area contributed by atoms with Gasteiger partial charge in [-0.05, 0) is 23.4 Å². The largest absolute Gasteiger partial charge is 0.378 e. The first-order valence-electron chi connectivity index (χ1n) is 9.69. The van der Waals surface area contributed by atoms with Crippen molar-refractivity contribution in [2.75, 3.05) is 44.3 Å². The smallest absolute Gasteiger partial charge is 0.264 e. The molecule has 4 heterocycles. The standard InChI is InChI=1S/C21H22N4O2S/c26-21(24-7-9-27-10-8-24)20-19(17-3-1-2-4-18(17)28-20)15-5-6-25(13-15)16-11-22-14-23-12-16/h1-4,11-12,14-15H,5-10,13H2/t15-/m0/s1. The molecule has 0 saturated carbocycles. The molecule has 2 fully saturated rings. The summed E-state index contributed by atoms with van der Waals surface area (Å²) in [6.45, 7) is 4.43. The first-order chi connectivity index (χ1) is 13.8. The number of carbonyl (C=O) groups is 1. The summed E-state index contributed by atoms with van der Waals surface area (Å²) in [5.41, 5.74) is 2.27. The van der Waals surface area contributed by atoms with Crippen LogP contribution >= 0.6 is 11.3 Å². The van der Waals surface area contributed by atoms with Crippen LogP contribution in [0.1, 0.15) is 27.6 Å². The Balaban J connectivity index is 1.50. The quantitative estimate of drug-likeness (QED) is 0.683. The van der Waals surface area contributed by atoms with Gasteiger partial charge in [0.2, 0.25) is 0 Å². The van der Waals surface area contributed by atoms with Gasteiger partial charge in [0.25, 0.3) is 5.91 Å². The predicted octanol–water partition coefficient (Wildman–Crippen LogP) is 3.16. The summed E-state index contributed by atoms with van der Waals surface area (Å²) in [5.74, 6) is 0.484. The van der Waals surface area contributed by atoms with Gasteiger partial charge >= 0.3 is 0 Å². The molecule has 2 aliphatic rings. The number of amides is 1. The van der Waals surface area contributed by atoms with Crippen LogP contribution in [0.5, 0.6) is 0 Å². The van der Waals surface area contributed by atoms with Crippen molar-refractivity contribution in [2.24, 2.45) is 0 Å². The fourth-order valence-electron chi connectivity index (χ4n) is 4.22. The third kappa shape index (κ3) is 3.14. The van der Waals surface area contributed by atoms with E-state index >= 15 is 0 Å². The highest BCUT2D eigenvalue weighted by Gasteiger charge is 2.32. The van der Waals surface area contributed by atoms with E-state index in [0.717, 1.165) is 30.1 Å². The van der Waals surface area contributed by atoms with Crippen molar-refractivity contribution in [2.45, 2.75) is 12.3 Å². The molecular formula is C21H22N4O2S. The van der Waals surface area contributed by atoms with E-state index in [2.05, 4.69) is 33.1 Å². The minimum absolute atomic E-state index is 0.154. The molecule has 2 aromatic heterocycles. The maximum Gasteiger partial charge on any atom is 0.264 e. The average molecular weight is 395 g/mol. The van der Waals surface area contributed by atoms with Crippen molar-refractivity contribution in [3.63, 3.8) is 0 Å². The fourth-order valence-corrected chi connectivity index (χ4v) is 5.48. The molecule has 0 unspecified atom stereocenters. The van der Waals surface area contributed by atoms with E-state index in [1.807, 2.05) is 23.4 Å². The Kier molecular flexibility index (Phi) is 4.70. The lowest BCUT2D eigenvalue weighted by molar-refractivity contribution is 0.0305. The second kappa shape index (κ2) is 7.48. The third-order valence-corrected chi connectivity index (χ3v) is 6.81. The van der Waals surface area contributed by atoms with Crippen LogP contribution < -0.4 is 4.90 Å². The Bertz CT molecular complexity index is 984. The molecule has 5 rings (SSSR count). The van der Waals surface area contributed by atoms with Gasteiger partial charge in [-0.25, -0.2) is 9.97 Å². The van der Waals surface area contributed by atoms with Crippen LogP contribution in [0.4, 0.5) is 5.69 Å². The second-order valence-electron chi connectivity index (χ2n) is 7.27. The van der Waals surface area contributed by atoms with Crippen LogP contribution in [0.2, 0.25) is 0 Å². The predicted molar refractivity (Wildman–Crippen MR) is 110 cm³/mol. The van der Waals surface area contributed by atoms with E-state index in [1.165, 1.54) is 15.6 Å². The molecule has 2 aliphatic heterocycles. The van der Waals surface area contributed by atoms with Crippen LogP contribution in [0.15, 0.2) is 43.0 Å². The van der Waals surface area contributed by atoms with Gasteiger partial charge in [0.05, 0.1) is 36.2 Å². The number of rotatable bonds is 3. The van der Waals surface area contributed by atoms with E-state index in [4.69, 9.17) is 4.74 Å². The van der Waals surface area contributed by atoms with E-state index < -0.39 is 0 Å². The van der Waals surface area contributed by atoms with Crippen LogP contribution in [0.3, 0.4) is 0 Å². The molecule has 1 atom stereocenters. The van der Waals surface area contributed by atoms with Crippen molar-refractivity contribution in [1.82, 2.24) is 14.9 Å². The Morgan fingerprint density at radius 3 is 2.71 bits per heavy atom. The Morgan fingerprint density at radius 2 is 1.89 bits per heavy atom. The Hall–Kier alpha value is -2.51. The van der Waals surface area contributed by atoms with Crippen LogP contribution in [-0.2, 0) is 4.74 Å². The average Bonchev–Trinajstić information content (AvgIpc) is 3.39. The first-order valence-corrected chi connectivity index (χ1v) is 10.5. The zero-order chi connectivity index (χ0) is 18.9. The van der Waals surface area contributed by atoms with E-state index in [-0.39, 0.29) is 5.91 Å².